The molecule has 0 bridgehead atoms. The molecule has 0 aromatic heterocycles. The molecular formula is C22H28N2O2. The van der Waals surface area contributed by atoms with Crippen LogP contribution >= 0.6 is 0 Å². The lowest BCUT2D eigenvalue weighted by Crippen LogP contribution is -2.44. The lowest BCUT2D eigenvalue weighted by Gasteiger charge is -2.49. The minimum Gasteiger partial charge on any atom is -0.466 e. The summed E-state index contributed by atoms with van der Waals surface area (Å²) in [6.45, 7) is 6.77. The number of carbonyl (C=O) groups excluding carboxylic acids is 1. The van der Waals surface area contributed by atoms with E-state index in [1.54, 1.807) is 0 Å². The Balaban J connectivity index is 1.78. The summed E-state index contributed by atoms with van der Waals surface area (Å²) >= 11 is 0. The maximum Gasteiger partial charge on any atom is 0.305 e. The van der Waals surface area contributed by atoms with E-state index in [2.05, 4.69) is 36.1 Å². The van der Waals surface area contributed by atoms with Gasteiger partial charge in [0.1, 0.15) is 0 Å². The molecule has 1 fully saturated rings. The molecule has 0 spiro atoms. The topological polar surface area (TPSA) is 41.9 Å². The Kier molecular flexibility index (Phi) is 4.60. The van der Waals surface area contributed by atoms with Crippen molar-refractivity contribution in [3.05, 3.63) is 46.2 Å². The standard InChI is InChI=1S/C22H28N2O2/c1-3-22(13-10-19(25)26-4-2)12-7-14-24-15-11-17-16-8-5-6-9-18(16)23-20(17)21(22)24/h5-6,8-9H,3-4,7,10-15H2,1-2H3. The second-order valence-corrected chi connectivity index (χ2v) is 7.58. The van der Waals surface area contributed by atoms with Gasteiger partial charge in [0.2, 0.25) is 0 Å². The third kappa shape index (κ3) is 2.76. The molecule has 4 nitrogen and oxygen atoms in total. The highest BCUT2D eigenvalue weighted by Gasteiger charge is 2.43. The molecule has 1 saturated heterocycles. The Labute approximate surface area is 155 Å². The number of ether oxygens (including phenoxy) is 1. The molecule has 1 unspecified atom stereocenters. The first-order chi connectivity index (χ1) is 12.7. The van der Waals surface area contributed by atoms with Crippen LogP contribution in [0.25, 0.3) is 5.57 Å². The van der Waals surface area contributed by atoms with Gasteiger partial charge in [0, 0.05) is 35.8 Å². The third-order valence-corrected chi connectivity index (χ3v) is 6.29. The first kappa shape index (κ1) is 17.3. The molecule has 3 aliphatic heterocycles. The normalized spacial score (nSPS) is 23.9. The zero-order valence-electron chi connectivity index (χ0n) is 15.9. The SMILES string of the molecule is CCOC(=O)CCC1(CC)CCCN2CCC3=c4ccccc4=NC3=C21. The molecule has 0 aliphatic carbocycles. The van der Waals surface area contributed by atoms with Crippen LogP contribution in [0, 0.1) is 5.41 Å². The summed E-state index contributed by atoms with van der Waals surface area (Å²) in [5, 5.41) is 2.41. The van der Waals surface area contributed by atoms with E-state index < -0.39 is 0 Å². The van der Waals surface area contributed by atoms with E-state index >= 15 is 0 Å². The van der Waals surface area contributed by atoms with Gasteiger partial charge in [-0.05, 0) is 50.7 Å². The number of nitrogens with zero attached hydrogens (tertiary/aromatic N) is 2. The highest BCUT2D eigenvalue weighted by atomic mass is 16.5. The third-order valence-electron chi connectivity index (χ3n) is 6.29. The van der Waals surface area contributed by atoms with Crippen LogP contribution in [0.1, 0.15) is 52.4 Å². The minimum absolute atomic E-state index is 0.0392. The predicted molar refractivity (Wildman–Crippen MR) is 102 cm³/mol. The maximum absolute atomic E-state index is 12.0. The molecule has 4 heteroatoms. The second kappa shape index (κ2) is 6.90. The van der Waals surface area contributed by atoms with Crippen molar-refractivity contribution in [2.45, 2.75) is 52.4 Å². The van der Waals surface area contributed by atoms with Crippen LogP contribution in [0.5, 0.6) is 0 Å². The van der Waals surface area contributed by atoms with Gasteiger partial charge in [-0.25, -0.2) is 4.99 Å². The van der Waals surface area contributed by atoms with E-state index in [1.165, 1.54) is 28.6 Å². The lowest BCUT2D eigenvalue weighted by atomic mass is 9.69. The lowest BCUT2D eigenvalue weighted by molar-refractivity contribution is -0.143. The molecule has 0 N–H and O–H groups in total. The first-order valence-electron chi connectivity index (χ1n) is 10.0. The Hall–Kier alpha value is -2.10. The van der Waals surface area contributed by atoms with Gasteiger partial charge in [-0.3, -0.25) is 4.79 Å². The summed E-state index contributed by atoms with van der Waals surface area (Å²) in [7, 11) is 0. The van der Waals surface area contributed by atoms with Crippen molar-refractivity contribution >= 4 is 11.5 Å². The number of para-hydroxylation sites is 1. The van der Waals surface area contributed by atoms with Crippen LogP contribution in [0.15, 0.2) is 40.7 Å². The summed E-state index contributed by atoms with van der Waals surface area (Å²) in [6.07, 6.45) is 5.79. The van der Waals surface area contributed by atoms with Crippen molar-refractivity contribution in [2.24, 2.45) is 10.4 Å². The molecule has 3 aliphatic rings. The Morgan fingerprint density at radius 3 is 2.92 bits per heavy atom. The molecule has 0 saturated carbocycles. The van der Waals surface area contributed by atoms with Crippen LogP contribution < -0.4 is 10.6 Å². The van der Waals surface area contributed by atoms with Crippen molar-refractivity contribution in [1.82, 2.24) is 4.90 Å². The molecule has 1 aromatic carbocycles. The first-order valence-corrected chi connectivity index (χ1v) is 10.0. The molecule has 1 aromatic rings. The Bertz CT molecular complexity index is 870. The van der Waals surface area contributed by atoms with Crippen molar-refractivity contribution in [3.8, 4) is 0 Å². The van der Waals surface area contributed by atoms with Gasteiger partial charge in [0.05, 0.1) is 17.7 Å². The molecule has 0 radical (unpaired) electrons. The molecule has 1 atom stereocenters. The molecule has 4 rings (SSSR count). The van der Waals surface area contributed by atoms with Crippen LogP contribution in [-0.4, -0.2) is 30.6 Å². The Morgan fingerprint density at radius 1 is 1.27 bits per heavy atom. The average molecular weight is 352 g/mol. The quantitative estimate of drug-likeness (QED) is 0.765. The fourth-order valence-electron chi connectivity index (χ4n) is 4.97. The monoisotopic (exact) mass is 352 g/mol. The van der Waals surface area contributed by atoms with Crippen molar-refractivity contribution in [3.63, 3.8) is 0 Å². The van der Waals surface area contributed by atoms with Gasteiger partial charge in [-0.1, -0.05) is 25.1 Å². The van der Waals surface area contributed by atoms with E-state index in [4.69, 9.17) is 9.73 Å². The van der Waals surface area contributed by atoms with Gasteiger partial charge >= 0.3 is 5.97 Å². The maximum atomic E-state index is 12.0. The summed E-state index contributed by atoms with van der Waals surface area (Å²) in [5.41, 5.74) is 4.04. The summed E-state index contributed by atoms with van der Waals surface area (Å²) in [4.78, 5) is 19.6. The highest BCUT2D eigenvalue weighted by Crippen LogP contribution is 2.50. The summed E-state index contributed by atoms with van der Waals surface area (Å²) in [6, 6.07) is 8.49. The van der Waals surface area contributed by atoms with E-state index in [0.717, 1.165) is 44.1 Å². The van der Waals surface area contributed by atoms with Gasteiger partial charge in [-0.15, -0.1) is 0 Å². The minimum atomic E-state index is -0.0743. The van der Waals surface area contributed by atoms with Crippen LogP contribution in [-0.2, 0) is 9.53 Å². The highest BCUT2D eigenvalue weighted by molar-refractivity contribution is 5.71. The fraction of sp³-hybridized carbons (Fsp3) is 0.545. The smallest absolute Gasteiger partial charge is 0.305 e. The fourth-order valence-corrected chi connectivity index (χ4v) is 4.97. The zero-order valence-corrected chi connectivity index (χ0v) is 15.9. The number of carbonyl (C=O) groups is 1. The average Bonchev–Trinajstić information content (AvgIpc) is 3.05. The largest absolute Gasteiger partial charge is 0.466 e. The number of hydrogen-bond acceptors (Lipinski definition) is 4. The molecule has 0 amide bonds. The van der Waals surface area contributed by atoms with Crippen molar-refractivity contribution in [1.29, 1.82) is 0 Å². The van der Waals surface area contributed by atoms with Gasteiger partial charge < -0.3 is 9.64 Å². The van der Waals surface area contributed by atoms with Crippen LogP contribution in [0.2, 0.25) is 0 Å². The van der Waals surface area contributed by atoms with Gasteiger partial charge in [0.15, 0.2) is 0 Å². The summed E-state index contributed by atoms with van der Waals surface area (Å²) < 4.78 is 5.20. The van der Waals surface area contributed by atoms with E-state index in [9.17, 15) is 4.79 Å². The number of benzene rings is 1. The number of allylic oxidation sites excluding steroid dienone is 2. The molecule has 26 heavy (non-hydrogen) atoms. The van der Waals surface area contributed by atoms with E-state index in [-0.39, 0.29) is 11.4 Å². The molecule has 3 heterocycles. The van der Waals surface area contributed by atoms with E-state index in [1.807, 2.05) is 6.92 Å². The van der Waals surface area contributed by atoms with Gasteiger partial charge in [-0.2, -0.15) is 0 Å². The number of esters is 1. The van der Waals surface area contributed by atoms with Crippen molar-refractivity contribution < 1.29 is 9.53 Å². The number of hydrogen-bond donors (Lipinski definition) is 0. The second-order valence-electron chi connectivity index (χ2n) is 7.58. The molecule has 138 valence electrons. The zero-order chi connectivity index (χ0) is 18.1. The van der Waals surface area contributed by atoms with E-state index in [0.29, 0.717) is 13.0 Å². The summed E-state index contributed by atoms with van der Waals surface area (Å²) in [5.74, 6) is -0.0743. The van der Waals surface area contributed by atoms with Gasteiger partial charge in [0.25, 0.3) is 0 Å². The predicted octanol–water partition coefficient (Wildman–Crippen LogP) is 2.92. The number of fused-ring (bicyclic) bond motifs is 3. The van der Waals surface area contributed by atoms with Crippen LogP contribution in [0.3, 0.4) is 0 Å². The number of piperidine rings is 1. The van der Waals surface area contributed by atoms with Crippen molar-refractivity contribution in [2.75, 3.05) is 19.7 Å². The Morgan fingerprint density at radius 2 is 2.12 bits per heavy atom. The van der Waals surface area contributed by atoms with Crippen LogP contribution in [0.4, 0.5) is 0 Å². The number of rotatable bonds is 5. The molecular weight excluding hydrogens is 324 g/mol.